The maximum absolute atomic E-state index is 10.2. The molecule has 2 unspecified atom stereocenters. The molecule has 0 aliphatic carbocycles. The van der Waals surface area contributed by atoms with E-state index in [0.717, 1.165) is 5.56 Å². The molecule has 10 heteroatoms. The lowest BCUT2D eigenvalue weighted by Gasteiger charge is -2.17. The van der Waals surface area contributed by atoms with Crippen LogP contribution in [0.5, 0.6) is 0 Å². The van der Waals surface area contributed by atoms with Gasteiger partial charge in [0.2, 0.25) is 5.28 Å². The zero-order valence-electron chi connectivity index (χ0n) is 13.4. The third-order valence-corrected chi connectivity index (χ3v) is 5.93. The largest absolute Gasteiger partial charge is 0.389 e. The van der Waals surface area contributed by atoms with Crippen LogP contribution in [0.2, 0.25) is 10.3 Å². The molecule has 7 nitrogen and oxygen atoms in total. The van der Waals surface area contributed by atoms with Gasteiger partial charge in [0.05, 0.1) is 12.4 Å². The van der Waals surface area contributed by atoms with Crippen molar-refractivity contribution in [3.8, 4) is 0 Å². The summed E-state index contributed by atoms with van der Waals surface area (Å²) in [5, 5.41) is 23.5. The van der Waals surface area contributed by atoms with Gasteiger partial charge in [-0.3, -0.25) is 4.57 Å². The zero-order chi connectivity index (χ0) is 18.3. The first-order valence-electron chi connectivity index (χ1n) is 7.89. The Bertz CT molecular complexity index is 954. The van der Waals surface area contributed by atoms with Crippen molar-refractivity contribution in [2.24, 2.45) is 0 Å². The number of anilines is 1. The Balaban J connectivity index is 1.66. The minimum atomic E-state index is -0.894. The van der Waals surface area contributed by atoms with Crippen molar-refractivity contribution < 1.29 is 10.2 Å². The van der Waals surface area contributed by atoms with E-state index in [1.807, 2.05) is 24.3 Å². The maximum atomic E-state index is 10.2. The molecule has 0 amide bonds. The highest BCUT2D eigenvalue weighted by molar-refractivity contribution is 7.99. The lowest BCUT2D eigenvalue weighted by atomic mass is 10.2. The minimum absolute atomic E-state index is 0.0749. The van der Waals surface area contributed by atoms with Crippen molar-refractivity contribution in [3.05, 3.63) is 46.5 Å². The number of hydrogen-bond donors (Lipinski definition) is 3. The highest BCUT2D eigenvalue weighted by atomic mass is 35.5. The van der Waals surface area contributed by atoms with E-state index in [1.165, 1.54) is 11.8 Å². The first-order valence-corrected chi connectivity index (χ1v) is 9.69. The molecule has 4 rings (SSSR count). The quantitative estimate of drug-likeness (QED) is 0.567. The number of benzene rings is 1. The first-order chi connectivity index (χ1) is 12.5. The van der Waals surface area contributed by atoms with Crippen molar-refractivity contribution >= 4 is 51.9 Å². The van der Waals surface area contributed by atoms with Crippen LogP contribution in [0.3, 0.4) is 0 Å². The first kappa shape index (κ1) is 17.8. The second-order valence-corrected chi connectivity index (χ2v) is 7.85. The minimum Gasteiger partial charge on any atom is -0.389 e. The van der Waals surface area contributed by atoms with E-state index in [2.05, 4.69) is 20.3 Å². The van der Waals surface area contributed by atoms with Crippen LogP contribution in [-0.4, -0.2) is 47.7 Å². The lowest BCUT2D eigenvalue weighted by Crippen LogP contribution is -2.27. The van der Waals surface area contributed by atoms with E-state index < -0.39 is 12.2 Å². The molecule has 0 bridgehead atoms. The molecule has 2 aromatic heterocycles. The molecular weight excluding hydrogens is 397 g/mol. The highest BCUT2D eigenvalue weighted by Crippen LogP contribution is 2.38. The summed E-state index contributed by atoms with van der Waals surface area (Å²) < 4.78 is 1.72. The summed E-state index contributed by atoms with van der Waals surface area (Å²) in [7, 11) is 0. The lowest BCUT2D eigenvalue weighted by molar-refractivity contribution is 0.0313. The van der Waals surface area contributed by atoms with Gasteiger partial charge in [0.1, 0.15) is 11.5 Å². The number of aliphatic hydroxyl groups is 2. The fourth-order valence-electron chi connectivity index (χ4n) is 2.86. The molecule has 3 aromatic rings. The molecule has 0 saturated carbocycles. The molecule has 3 heterocycles. The van der Waals surface area contributed by atoms with Gasteiger partial charge in [0.15, 0.2) is 17.0 Å². The Morgan fingerprint density at radius 1 is 1.27 bits per heavy atom. The van der Waals surface area contributed by atoms with Crippen LogP contribution in [0.4, 0.5) is 5.82 Å². The van der Waals surface area contributed by atoms with Gasteiger partial charge in [-0.2, -0.15) is 9.97 Å². The maximum Gasteiger partial charge on any atom is 0.226 e. The second kappa shape index (κ2) is 7.21. The van der Waals surface area contributed by atoms with E-state index in [1.54, 1.807) is 10.9 Å². The summed E-state index contributed by atoms with van der Waals surface area (Å²) in [6.07, 6.45) is -0.0895. The fraction of sp³-hybridized carbons (Fsp3) is 0.312. The van der Waals surface area contributed by atoms with Crippen molar-refractivity contribution in [1.29, 1.82) is 0 Å². The number of nitrogens with zero attached hydrogens (tertiary/aromatic N) is 4. The van der Waals surface area contributed by atoms with E-state index in [9.17, 15) is 10.2 Å². The van der Waals surface area contributed by atoms with Crippen LogP contribution in [-0.2, 0) is 6.54 Å². The molecule has 1 aliphatic heterocycles. The SMILES string of the molecule is OC1CS[C@@H](n2cnc3c(NCc4cccc(Cl)c4)nc(Cl)nc32)C1O. The van der Waals surface area contributed by atoms with Gasteiger partial charge in [-0.1, -0.05) is 23.7 Å². The number of fused-ring (bicyclic) bond motifs is 1. The van der Waals surface area contributed by atoms with E-state index in [4.69, 9.17) is 23.2 Å². The van der Waals surface area contributed by atoms with Crippen LogP contribution in [0.1, 0.15) is 10.9 Å². The predicted molar refractivity (Wildman–Crippen MR) is 103 cm³/mol. The Morgan fingerprint density at radius 2 is 2.12 bits per heavy atom. The molecule has 3 N–H and O–H groups in total. The van der Waals surface area contributed by atoms with E-state index >= 15 is 0 Å². The van der Waals surface area contributed by atoms with E-state index in [-0.39, 0.29) is 10.7 Å². The average Bonchev–Trinajstić information content (AvgIpc) is 3.17. The number of aromatic nitrogens is 4. The molecule has 1 saturated heterocycles. The normalized spacial score (nSPS) is 22.8. The van der Waals surface area contributed by atoms with Crippen molar-refractivity contribution in [2.75, 3.05) is 11.1 Å². The molecule has 0 radical (unpaired) electrons. The van der Waals surface area contributed by atoms with Crippen molar-refractivity contribution in [2.45, 2.75) is 24.1 Å². The standard InChI is InChI=1S/C16H15Cl2N5O2S/c17-9-3-1-2-8(4-9)5-19-13-11-14(22-16(18)21-13)23(7-20-11)15-12(25)10(24)6-26-15/h1-4,7,10,12,15,24-25H,5-6H2,(H,19,21,22)/t10?,12?,15-/m1/s1. The predicted octanol–water partition coefficient (Wildman–Crippen LogP) is 2.71. The summed E-state index contributed by atoms with van der Waals surface area (Å²) >= 11 is 13.5. The molecule has 0 spiro atoms. The molecule has 136 valence electrons. The Kier molecular flexibility index (Phi) is 4.94. The number of imidazole rings is 1. The van der Waals surface area contributed by atoms with Gasteiger partial charge in [0, 0.05) is 17.3 Å². The second-order valence-electron chi connectivity index (χ2n) is 5.93. The molecule has 26 heavy (non-hydrogen) atoms. The van der Waals surface area contributed by atoms with Gasteiger partial charge in [-0.25, -0.2) is 4.98 Å². The van der Waals surface area contributed by atoms with Crippen LogP contribution in [0.15, 0.2) is 30.6 Å². The molecule has 1 fully saturated rings. The number of aliphatic hydroxyl groups excluding tert-OH is 2. The van der Waals surface area contributed by atoms with Crippen LogP contribution in [0, 0.1) is 0 Å². The van der Waals surface area contributed by atoms with Crippen LogP contribution in [0.25, 0.3) is 11.2 Å². The topological polar surface area (TPSA) is 96.1 Å². The summed E-state index contributed by atoms with van der Waals surface area (Å²) in [4.78, 5) is 12.9. The van der Waals surface area contributed by atoms with Crippen LogP contribution >= 0.6 is 35.0 Å². The summed E-state index contributed by atoms with van der Waals surface area (Å²) in [5.74, 6) is 0.946. The number of hydrogen-bond acceptors (Lipinski definition) is 7. The number of nitrogens with one attached hydrogen (secondary N) is 1. The fourth-order valence-corrected chi connectivity index (χ4v) is 4.52. The Morgan fingerprint density at radius 3 is 2.85 bits per heavy atom. The molecule has 1 aliphatic rings. The Labute approximate surface area is 163 Å². The molecular formula is C16H15Cl2N5O2S. The van der Waals surface area contributed by atoms with Gasteiger partial charge in [0.25, 0.3) is 0 Å². The van der Waals surface area contributed by atoms with Gasteiger partial charge in [-0.15, -0.1) is 11.8 Å². The Hall–Kier alpha value is -1.58. The van der Waals surface area contributed by atoms with E-state index in [0.29, 0.717) is 34.3 Å². The van der Waals surface area contributed by atoms with Crippen molar-refractivity contribution in [1.82, 2.24) is 19.5 Å². The molecule has 3 atom stereocenters. The highest BCUT2D eigenvalue weighted by Gasteiger charge is 2.36. The van der Waals surface area contributed by atoms with Gasteiger partial charge in [-0.05, 0) is 29.3 Å². The summed E-state index contributed by atoms with van der Waals surface area (Å²) in [5.41, 5.74) is 2.04. The number of halogens is 2. The zero-order valence-corrected chi connectivity index (χ0v) is 15.7. The van der Waals surface area contributed by atoms with Crippen LogP contribution < -0.4 is 5.32 Å². The average molecular weight is 412 g/mol. The third-order valence-electron chi connectivity index (χ3n) is 4.14. The number of rotatable bonds is 4. The molecule has 1 aromatic carbocycles. The monoisotopic (exact) mass is 411 g/mol. The smallest absolute Gasteiger partial charge is 0.226 e. The van der Waals surface area contributed by atoms with Gasteiger partial charge >= 0.3 is 0 Å². The van der Waals surface area contributed by atoms with Gasteiger partial charge < -0.3 is 15.5 Å². The summed E-state index contributed by atoms with van der Waals surface area (Å²) in [6, 6.07) is 7.50. The summed E-state index contributed by atoms with van der Waals surface area (Å²) in [6.45, 7) is 0.495. The number of thioether (sulfide) groups is 1. The third kappa shape index (κ3) is 3.35. The van der Waals surface area contributed by atoms with Crippen molar-refractivity contribution in [3.63, 3.8) is 0 Å².